The maximum absolute atomic E-state index is 13.0. The number of nitrogens with one attached hydrogen (secondary N) is 1. The molecule has 0 aliphatic rings. The average molecular weight is 473 g/mol. The molecule has 3 aromatic rings. The topological polar surface area (TPSA) is 98.0 Å². The maximum Gasteiger partial charge on any atom is 0.208 e. The molecule has 0 aliphatic heterocycles. The highest BCUT2D eigenvalue weighted by molar-refractivity contribution is 7.84. The predicted octanol–water partition coefficient (Wildman–Crippen LogP) is 5.00. The normalized spacial score (nSPS) is 14.1. The van der Waals surface area contributed by atoms with Crippen LogP contribution < -0.4 is 10.5 Å². The fraction of sp³-hybridized carbons (Fsp3) is 0.375. The number of nitrogens with zero attached hydrogens (tertiary/aromatic N) is 2. The van der Waals surface area contributed by atoms with Crippen molar-refractivity contribution in [3.63, 3.8) is 0 Å². The Bertz CT molecular complexity index is 1110. The molecule has 3 N–H and O–H groups in total. The number of anilines is 1. The van der Waals surface area contributed by atoms with Crippen LogP contribution in [-0.4, -0.2) is 24.7 Å². The smallest absolute Gasteiger partial charge is 0.208 e. The van der Waals surface area contributed by atoms with Gasteiger partial charge in [-0.05, 0) is 57.2 Å². The molecule has 3 rings (SSSR count). The third-order valence-electron chi connectivity index (χ3n) is 4.84. The summed E-state index contributed by atoms with van der Waals surface area (Å²) in [6.07, 6.45) is 2.74. The summed E-state index contributed by atoms with van der Waals surface area (Å²) in [6, 6.07) is 9.89. The SMILES string of the molecule is CC.Cc1cccc(C(C)(NS(=O)C(C)(C)C)c2csc(C(=O)c3cncnc3N)c2)c1. The molecule has 0 fully saturated rings. The lowest BCUT2D eigenvalue weighted by atomic mass is 9.86. The van der Waals surface area contributed by atoms with Crippen LogP contribution in [0.25, 0.3) is 0 Å². The van der Waals surface area contributed by atoms with Crippen LogP contribution in [0.4, 0.5) is 5.82 Å². The first-order valence-electron chi connectivity index (χ1n) is 10.5. The van der Waals surface area contributed by atoms with E-state index < -0.39 is 21.3 Å². The zero-order valence-corrected chi connectivity index (χ0v) is 21.4. The number of aryl methyl sites for hydroxylation is 1. The standard InChI is InChI=1S/C22H26N4O2S2.C2H6/c1-14-7-6-8-15(9-14)22(5,26-30(28)21(2,3)4)16-10-18(29-12-16)19(27)17-11-24-13-25-20(17)23;1-2/h6-13,26H,1-5H3,(H2,23,24,25);1-2H3. The van der Waals surface area contributed by atoms with E-state index in [1.807, 2.05) is 78.1 Å². The van der Waals surface area contributed by atoms with Crippen LogP contribution in [0.15, 0.2) is 48.2 Å². The minimum Gasteiger partial charge on any atom is -0.383 e. The van der Waals surface area contributed by atoms with Gasteiger partial charge in [0.25, 0.3) is 0 Å². The molecule has 2 unspecified atom stereocenters. The average Bonchev–Trinajstić information content (AvgIpc) is 3.25. The molecule has 172 valence electrons. The van der Waals surface area contributed by atoms with E-state index in [1.165, 1.54) is 23.9 Å². The lowest BCUT2D eigenvalue weighted by molar-refractivity contribution is 0.104. The fourth-order valence-corrected chi connectivity index (χ4v) is 4.83. The van der Waals surface area contributed by atoms with Gasteiger partial charge in [-0.3, -0.25) is 4.79 Å². The summed E-state index contributed by atoms with van der Waals surface area (Å²) < 4.78 is 15.9. The number of thiophene rings is 1. The van der Waals surface area contributed by atoms with Crippen molar-refractivity contribution in [3.8, 4) is 0 Å². The highest BCUT2D eigenvalue weighted by Gasteiger charge is 2.35. The number of carbonyl (C=O) groups is 1. The Morgan fingerprint density at radius 3 is 2.41 bits per heavy atom. The highest BCUT2D eigenvalue weighted by atomic mass is 32.2. The van der Waals surface area contributed by atoms with Gasteiger partial charge in [0.05, 0.1) is 31.7 Å². The second kappa shape index (κ2) is 10.5. The molecular weight excluding hydrogens is 440 g/mol. The van der Waals surface area contributed by atoms with Crippen LogP contribution >= 0.6 is 11.3 Å². The van der Waals surface area contributed by atoms with Crippen molar-refractivity contribution in [2.24, 2.45) is 0 Å². The Morgan fingerprint density at radius 2 is 1.81 bits per heavy atom. The molecular formula is C24H32N4O2S2. The third-order valence-corrected chi connectivity index (χ3v) is 7.47. The van der Waals surface area contributed by atoms with Crippen LogP contribution in [0.2, 0.25) is 0 Å². The molecule has 1 aromatic carbocycles. The third kappa shape index (κ3) is 5.68. The van der Waals surface area contributed by atoms with Gasteiger partial charge in [-0.25, -0.2) is 18.9 Å². The summed E-state index contributed by atoms with van der Waals surface area (Å²) in [5, 5.41) is 1.92. The summed E-state index contributed by atoms with van der Waals surface area (Å²) >= 11 is 1.32. The predicted molar refractivity (Wildman–Crippen MR) is 134 cm³/mol. The van der Waals surface area contributed by atoms with E-state index >= 15 is 0 Å². The molecule has 0 amide bonds. The van der Waals surface area contributed by atoms with Gasteiger partial charge >= 0.3 is 0 Å². The highest BCUT2D eigenvalue weighted by Crippen LogP contribution is 2.35. The summed E-state index contributed by atoms with van der Waals surface area (Å²) in [7, 11) is -1.33. The fourth-order valence-electron chi connectivity index (χ4n) is 2.94. The molecule has 0 saturated carbocycles. The van der Waals surface area contributed by atoms with Gasteiger partial charge in [0.15, 0.2) is 0 Å². The molecule has 6 nitrogen and oxygen atoms in total. The first-order chi connectivity index (χ1) is 15.0. The molecule has 8 heteroatoms. The minimum atomic E-state index is -1.33. The second-order valence-electron chi connectivity index (χ2n) is 8.33. The Labute approximate surface area is 197 Å². The largest absolute Gasteiger partial charge is 0.383 e. The number of rotatable bonds is 6. The Kier molecular flexibility index (Phi) is 8.45. The molecule has 32 heavy (non-hydrogen) atoms. The molecule has 2 heterocycles. The van der Waals surface area contributed by atoms with Crippen molar-refractivity contribution in [1.82, 2.24) is 14.7 Å². The zero-order chi connectivity index (χ0) is 24.1. The first kappa shape index (κ1) is 25.8. The Morgan fingerprint density at radius 1 is 1.12 bits per heavy atom. The number of aromatic nitrogens is 2. The van der Waals surface area contributed by atoms with Crippen molar-refractivity contribution in [2.45, 2.75) is 58.8 Å². The Hall–Kier alpha value is -2.42. The van der Waals surface area contributed by atoms with Crippen molar-refractivity contribution >= 4 is 33.9 Å². The zero-order valence-electron chi connectivity index (χ0n) is 19.7. The molecule has 0 bridgehead atoms. The molecule has 0 aliphatic carbocycles. The summed E-state index contributed by atoms with van der Waals surface area (Å²) in [6.45, 7) is 13.8. The number of benzene rings is 1. The van der Waals surface area contributed by atoms with Gasteiger partial charge in [0.2, 0.25) is 5.78 Å². The van der Waals surface area contributed by atoms with Gasteiger partial charge in [-0.1, -0.05) is 43.7 Å². The summed E-state index contributed by atoms with van der Waals surface area (Å²) in [5.74, 6) is -0.0776. The maximum atomic E-state index is 13.0. The van der Waals surface area contributed by atoms with E-state index in [4.69, 9.17) is 5.73 Å². The molecule has 0 spiro atoms. The van der Waals surface area contributed by atoms with Crippen LogP contribution in [0.5, 0.6) is 0 Å². The van der Waals surface area contributed by atoms with Gasteiger partial charge in [-0.2, -0.15) is 0 Å². The number of carbonyl (C=O) groups excluding carboxylic acids is 1. The second-order valence-corrected chi connectivity index (χ2v) is 11.2. The van der Waals surface area contributed by atoms with Crippen LogP contribution in [0.1, 0.15) is 73.5 Å². The van der Waals surface area contributed by atoms with E-state index in [0.717, 1.165) is 16.7 Å². The summed E-state index contributed by atoms with van der Waals surface area (Å²) in [5.41, 5.74) is 8.30. The van der Waals surface area contributed by atoms with Gasteiger partial charge in [-0.15, -0.1) is 11.3 Å². The van der Waals surface area contributed by atoms with Crippen LogP contribution in [0.3, 0.4) is 0 Å². The lowest BCUT2D eigenvalue weighted by Crippen LogP contribution is -2.46. The van der Waals surface area contributed by atoms with Crippen LogP contribution in [-0.2, 0) is 16.5 Å². The van der Waals surface area contributed by atoms with E-state index in [0.29, 0.717) is 4.88 Å². The van der Waals surface area contributed by atoms with E-state index in [1.54, 1.807) is 0 Å². The van der Waals surface area contributed by atoms with Crippen molar-refractivity contribution in [2.75, 3.05) is 5.73 Å². The van der Waals surface area contributed by atoms with Gasteiger partial charge < -0.3 is 5.73 Å². The van der Waals surface area contributed by atoms with Crippen molar-refractivity contribution < 1.29 is 9.00 Å². The summed E-state index contributed by atoms with van der Waals surface area (Å²) in [4.78, 5) is 21.3. The number of nitrogens with two attached hydrogens (primary N) is 1. The molecule has 2 aromatic heterocycles. The monoisotopic (exact) mass is 472 g/mol. The van der Waals surface area contributed by atoms with Crippen LogP contribution in [0, 0.1) is 6.92 Å². The van der Waals surface area contributed by atoms with Gasteiger partial charge in [0.1, 0.15) is 12.1 Å². The minimum absolute atomic E-state index is 0.151. The molecule has 0 radical (unpaired) electrons. The number of hydrogen-bond acceptors (Lipinski definition) is 6. The quantitative estimate of drug-likeness (QED) is 0.492. The van der Waals surface area contributed by atoms with Crippen molar-refractivity contribution in [1.29, 1.82) is 0 Å². The van der Waals surface area contributed by atoms with Crippen molar-refractivity contribution in [3.05, 3.63) is 75.4 Å². The number of nitrogen functional groups attached to an aromatic ring is 1. The van der Waals surface area contributed by atoms with Gasteiger partial charge in [0, 0.05) is 6.20 Å². The molecule has 2 atom stereocenters. The lowest BCUT2D eigenvalue weighted by Gasteiger charge is -2.34. The van der Waals surface area contributed by atoms with E-state index in [2.05, 4.69) is 20.8 Å². The Balaban J connectivity index is 0.00000176. The van der Waals surface area contributed by atoms with E-state index in [9.17, 15) is 9.00 Å². The number of hydrogen-bond donors (Lipinski definition) is 2. The first-order valence-corrected chi connectivity index (χ1v) is 12.5. The molecule has 0 saturated heterocycles. The van der Waals surface area contributed by atoms with E-state index in [-0.39, 0.29) is 17.2 Å². The number of ketones is 1.